The zero-order valence-corrected chi connectivity index (χ0v) is 11.8. The van der Waals surface area contributed by atoms with Gasteiger partial charge < -0.3 is 9.47 Å². The Hall–Kier alpha value is -1.35. The third-order valence-corrected chi connectivity index (χ3v) is 3.66. The molecule has 0 radical (unpaired) electrons. The molecular formula is C16H22O3. The molecule has 1 aliphatic heterocycles. The summed E-state index contributed by atoms with van der Waals surface area (Å²) in [5, 5.41) is 0. The molecule has 1 fully saturated rings. The van der Waals surface area contributed by atoms with Crippen LogP contribution in [0.3, 0.4) is 0 Å². The molecule has 2 aliphatic rings. The molecule has 0 aromatic carbocycles. The lowest BCUT2D eigenvalue weighted by Crippen LogP contribution is -2.15. The van der Waals surface area contributed by atoms with Gasteiger partial charge in [-0.25, -0.2) is 4.79 Å². The Morgan fingerprint density at radius 1 is 1.58 bits per heavy atom. The lowest BCUT2D eigenvalue weighted by atomic mass is 9.83. The summed E-state index contributed by atoms with van der Waals surface area (Å²) in [5.74, 6) is -0.248. The van der Waals surface area contributed by atoms with Gasteiger partial charge in [-0.3, -0.25) is 0 Å². The first-order chi connectivity index (χ1) is 9.14. The molecule has 0 spiro atoms. The van der Waals surface area contributed by atoms with Gasteiger partial charge in [0.2, 0.25) is 0 Å². The molecule has 19 heavy (non-hydrogen) atoms. The number of hydrogen-bond acceptors (Lipinski definition) is 3. The van der Waals surface area contributed by atoms with Crippen molar-refractivity contribution in [2.45, 2.75) is 33.1 Å². The van der Waals surface area contributed by atoms with E-state index in [1.54, 1.807) is 6.08 Å². The number of ether oxygens (including phenoxy) is 2. The van der Waals surface area contributed by atoms with Crippen molar-refractivity contribution in [1.82, 2.24) is 0 Å². The van der Waals surface area contributed by atoms with Crippen molar-refractivity contribution in [3.8, 4) is 0 Å². The van der Waals surface area contributed by atoms with Gasteiger partial charge >= 0.3 is 5.97 Å². The molecule has 104 valence electrons. The third-order valence-electron chi connectivity index (χ3n) is 3.66. The van der Waals surface area contributed by atoms with E-state index in [2.05, 4.69) is 25.2 Å². The first-order valence-corrected chi connectivity index (χ1v) is 6.98. The molecule has 0 saturated carbocycles. The van der Waals surface area contributed by atoms with Crippen LogP contribution in [0, 0.1) is 5.41 Å². The van der Waals surface area contributed by atoms with Crippen LogP contribution in [0.25, 0.3) is 0 Å². The molecule has 3 heteroatoms. The maximum absolute atomic E-state index is 11.6. The van der Waals surface area contributed by atoms with Gasteiger partial charge in [0.25, 0.3) is 0 Å². The summed E-state index contributed by atoms with van der Waals surface area (Å²) in [6, 6.07) is 0. The van der Waals surface area contributed by atoms with Crippen LogP contribution in [0.15, 0.2) is 35.5 Å². The summed E-state index contributed by atoms with van der Waals surface area (Å²) in [5.41, 5.74) is 2.29. The number of carbonyl (C=O) groups excluding carboxylic acids is 1. The number of hydrogen-bond donors (Lipinski definition) is 0. The summed E-state index contributed by atoms with van der Waals surface area (Å²) in [7, 11) is 0. The highest BCUT2D eigenvalue weighted by molar-refractivity contribution is 5.83. The zero-order chi connectivity index (χ0) is 13.7. The fourth-order valence-corrected chi connectivity index (χ4v) is 2.50. The van der Waals surface area contributed by atoms with Crippen molar-refractivity contribution in [3.63, 3.8) is 0 Å². The van der Waals surface area contributed by atoms with Gasteiger partial charge in [-0.05, 0) is 37.3 Å². The molecule has 0 aromatic rings. The van der Waals surface area contributed by atoms with Crippen LogP contribution in [-0.4, -0.2) is 25.8 Å². The molecule has 1 unspecified atom stereocenters. The molecule has 3 nitrogen and oxygen atoms in total. The zero-order valence-electron chi connectivity index (χ0n) is 11.8. The maximum atomic E-state index is 11.6. The van der Waals surface area contributed by atoms with Crippen LogP contribution in [-0.2, 0) is 14.3 Å². The molecule has 0 bridgehead atoms. The molecule has 1 saturated heterocycles. The van der Waals surface area contributed by atoms with Gasteiger partial charge in [0.05, 0.1) is 19.8 Å². The minimum atomic E-state index is -0.248. The van der Waals surface area contributed by atoms with E-state index >= 15 is 0 Å². The van der Waals surface area contributed by atoms with E-state index in [1.165, 1.54) is 5.57 Å². The predicted octanol–water partition coefficient (Wildman–Crippen LogP) is 3.18. The number of esters is 1. The summed E-state index contributed by atoms with van der Waals surface area (Å²) in [4.78, 5) is 11.6. The fraction of sp³-hybridized carbons (Fsp3) is 0.562. The lowest BCUT2D eigenvalue weighted by Gasteiger charge is -2.19. The molecular weight excluding hydrogens is 240 g/mol. The van der Waals surface area contributed by atoms with Gasteiger partial charge in [-0.1, -0.05) is 25.2 Å². The summed E-state index contributed by atoms with van der Waals surface area (Å²) >= 11 is 0. The van der Waals surface area contributed by atoms with Gasteiger partial charge in [0, 0.05) is 11.5 Å². The Morgan fingerprint density at radius 2 is 2.42 bits per heavy atom. The van der Waals surface area contributed by atoms with E-state index in [1.807, 2.05) is 6.92 Å². The van der Waals surface area contributed by atoms with Crippen LogP contribution in [0.2, 0.25) is 0 Å². The first-order valence-electron chi connectivity index (χ1n) is 6.98. The Kier molecular flexibility index (Phi) is 4.59. The fourth-order valence-electron chi connectivity index (χ4n) is 2.50. The van der Waals surface area contributed by atoms with Crippen molar-refractivity contribution in [2.24, 2.45) is 5.41 Å². The molecule has 1 heterocycles. The van der Waals surface area contributed by atoms with Crippen LogP contribution < -0.4 is 0 Å². The lowest BCUT2D eigenvalue weighted by molar-refractivity contribution is -0.137. The van der Waals surface area contributed by atoms with E-state index in [0.717, 1.165) is 31.4 Å². The Morgan fingerprint density at radius 3 is 3.21 bits per heavy atom. The monoisotopic (exact) mass is 262 g/mol. The molecule has 2 rings (SSSR count). The van der Waals surface area contributed by atoms with Crippen molar-refractivity contribution in [3.05, 3.63) is 35.5 Å². The minimum absolute atomic E-state index is 0.0158. The number of allylic oxidation sites excluding steroid dienone is 3. The van der Waals surface area contributed by atoms with Crippen LogP contribution in [0.4, 0.5) is 0 Å². The van der Waals surface area contributed by atoms with E-state index in [0.29, 0.717) is 13.2 Å². The number of fused-ring (bicyclic) bond motifs is 1. The van der Waals surface area contributed by atoms with Crippen LogP contribution in [0.5, 0.6) is 0 Å². The van der Waals surface area contributed by atoms with Crippen LogP contribution in [0.1, 0.15) is 33.1 Å². The Bertz CT molecular complexity index is 431. The SMILES string of the molecule is CCOC(=O)/C=C1\C=C2\COCC2(C)/C=C\CCC1. The highest BCUT2D eigenvalue weighted by atomic mass is 16.5. The smallest absolute Gasteiger partial charge is 0.331 e. The second-order valence-electron chi connectivity index (χ2n) is 5.35. The molecule has 1 aliphatic carbocycles. The van der Waals surface area contributed by atoms with Crippen molar-refractivity contribution in [2.75, 3.05) is 19.8 Å². The second-order valence-corrected chi connectivity index (χ2v) is 5.35. The summed E-state index contributed by atoms with van der Waals surface area (Å²) in [6.07, 6.45) is 11.2. The number of rotatable bonds is 2. The highest BCUT2D eigenvalue weighted by Gasteiger charge is 2.32. The van der Waals surface area contributed by atoms with E-state index < -0.39 is 0 Å². The Balaban J connectivity index is 2.25. The van der Waals surface area contributed by atoms with Crippen molar-refractivity contribution in [1.29, 1.82) is 0 Å². The minimum Gasteiger partial charge on any atom is -0.463 e. The average molecular weight is 262 g/mol. The summed E-state index contributed by atoms with van der Waals surface area (Å²) in [6.45, 7) is 5.81. The molecule has 0 N–H and O–H groups in total. The standard InChI is InChI=1S/C16H22O3/c1-3-19-15(17)10-13-7-5-4-6-8-16(2)12-18-11-14(16)9-13/h6,8-10H,3-5,7,11-12H2,1-2H3/b8-6-,13-10-,14-9-. The quantitative estimate of drug-likeness (QED) is 0.435. The molecule has 0 amide bonds. The van der Waals surface area contributed by atoms with E-state index in [4.69, 9.17) is 9.47 Å². The van der Waals surface area contributed by atoms with E-state index in [9.17, 15) is 4.79 Å². The molecule has 1 atom stereocenters. The largest absolute Gasteiger partial charge is 0.463 e. The highest BCUT2D eigenvalue weighted by Crippen LogP contribution is 2.37. The van der Waals surface area contributed by atoms with Crippen molar-refractivity contribution >= 4 is 5.97 Å². The maximum Gasteiger partial charge on any atom is 0.331 e. The number of carbonyl (C=O) groups is 1. The predicted molar refractivity (Wildman–Crippen MR) is 74.7 cm³/mol. The second kappa shape index (κ2) is 6.20. The first kappa shape index (κ1) is 14.1. The Labute approximate surface area is 115 Å². The van der Waals surface area contributed by atoms with Gasteiger partial charge in [0.1, 0.15) is 0 Å². The third kappa shape index (κ3) is 3.57. The van der Waals surface area contributed by atoms with Crippen molar-refractivity contribution < 1.29 is 14.3 Å². The van der Waals surface area contributed by atoms with E-state index in [-0.39, 0.29) is 11.4 Å². The average Bonchev–Trinajstić information content (AvgIpc) is 2.72. The summed E-state index contributed by atoms with van der Waals surface area (Å²) < 4.78 is 10.6. The normalized spacial score (nSPS) is 33.6. The van der Waals surface area contributed by atoms with Gasteiger partial charge in [-0.2, -0.15) is 0 Å². The van der Waals surface area contributed by atoms with Gasteiger partial charge in [0.15, 0.2) is 0 Å². The van der Waals surface area contributed by atoms with Crippen LogP contribution >= 0.6 is 0 Å². The molecule has 0 aromatic heterocycles. The topological polar surface area (TPSA) is 35.5 Å². The van der Waals surface area contributed by atoms with Gasteiger partial charge in [-0.15, -0.1) is 0 Å².